The van der Waals surface area contributed by atoms with Crippen LogP contribution in [0.3, 0.4) is 0 Å². The SMILES string of the molecule is CN=C(NCC(C)Oc1cccc(F)c1)NC1CCN(C2CCCCC2)CC1.I. The van der Waals surface area contributed by atoms with E-state index >= 15 is 0 Å². The molecule has 1 heterocycles. The second-order valence-electron chi connectivity index (χ2n) is 8.09. The molecule has 2 fully saturated rings. The number of aliphatic imine (C=N–C) groups is 1. The molecule has 0 radical (unpaired) electrons. The molecule has 0 amide bonds. The van der Waals surface area contributed by atoms with Gasteiger partial charge in [-0.15, -0.1) is 24.0 Å². The molecule has 2 aliphatic rings. The molecule has 7 heteroatoms. The summed E-state index contributed by atoms with van der Waals surface area (Å²) in [7, 11) is 1.80. The lowest BCUT2D eigenvalue weighted by molar-refractivity contribution is 0.119. The first-order chi connectivity index (χ1) is 13.6. The summed E-state index contributed by atoms with van der Waals surface area (Å²) in [6, 6.07) is 7.53. The van der Waals surface area contributed by atoms with Crippen molar-refractivity contribution in [3.05, 3.63) is 30.1 Å². The summed E-state index contributed by atoms with van der Waals surface area (Å²) in [6.07, 6.45) is 9.20. The largest absolute Gasteiger partial charge is 0.489 e. The van der Waals surface area contributed by atoms with Gasteiger partial charge in [-0.05, 0) is 44.7 Å². The highest BCUT2D eigenvalue weighted by Crippen LogP contribution is 2.25. The van der Waals surface area contributed by atoms with Gasteiger partial charge in [0.1, 0.15) is 17.7 Å². The third kappa shape index (κ3) is 7.92. The van der Waals surface area contributed by atoms with Gasteiger partial charge in [0, 0.05) is 38.3 Å². The lowest BCUT2D eigenvalue weighted by Crippen LogP contribution is -2.51. The number of ether oxygens (including phenoxy) is 1. The minimum absolute atomic E-state index is 0. The van der Waals surface area contributed by atoms with Crippen molar-refractivity contribution in [3.63, 3.8) is 0 Å². The van der Waals surface area contributed by atoms with E-state index in [0.29, 0.717) is 18.3 Å². The molecule has 5 nitrogen and oxygen atoms in total. The topological polar surface area (TPSA) is 48.9 Å². The van der Waals surface area contributed by atoms with E-state index in [0.717, 1.165) is 24.8 Å². The number of piperidine rings is 1. The Morgan fingerprint density at radius 3 is 2.59 bits per heavy atom. The molecule has 1 aliphatic carbocycles. The summed E-state index contributed by atoms with van der Waals surface area (Å²) in [4.78, 5) is 7.05. The van der Waals surface area contributed by atoms with Gasteiger partial charge in [-0.3, -0.25) is 4.99 Å². The number of rotatable bonds is 6. The smallest absolute Gasteiger partial charge is 0.191 e. The summed E-state index contributed by atoms with van der Waals surface area (Å²) in [5, 5.41) is 6.89. The first-order valence-corrected chi connectivity index (χ1v) is 10.8. The Morgan fingerprint density at radius 1 is 1.21 bits per heavy atom. The van der Waals surface area contributed by atoms with Crippen LogP contribution in [0.5, 0.6) is 5.75 Å². The van der Waals surface area contributed by atoms with E-state index in [2.05, 4.69) is 20.5 Å². The summed E-state index contributed by atoms with van der Waals surface area (Å²) in [6.45, 7) is 4.93. The van der Waals surface area contributed by atoms with Gasteiger partial charge in [0.2, 0.25) is 0 Å². The van der Waals surface area contributed by atoms with Crippen molar-refractivity contribution in [2.45, 2.75) is 70.1 Å². The average Bonchev–Trinajstić information content (AvgIpc) is 2.72. The Labute approximate surface area is 191 Å². The molecule has 1 saturated heterocycles. The molecular formula is C22H36FIN4O. The van der Waals surface area contributed by atoms with Crippen molar-refractivity contribution in [2.24, 2.45) is 4.99 Å². The fraction of sp³-hybridized carbons (Fsp3) is 0.682. The lowest BCUT2D eigenvalue weighted by Gasteiger charge is -2.39. The van der Waals surface area contributed by atoms with Crippen LogP contribution >= 0.6 is 24.0 Å². The molecule has 1 aliphatic heterocycles. The fourth-order valence-corrected chi connectivity index (χ4v) is 4.30. The molecule has 2 N–H and O–H groups in total. The van der Waals surface area contributed by atoms with Crippen LogP contribution in [0, 0.1) is 5.82 Å². The molecule has 1 saturated carbocycles. The van der Waals surface area contributed by atoms with E-state index in [-0.39, 0.29) is 35.9 Å². The molecule has 3 rings (SSSR count). The van der Waals surface area contributed by atoms with Crippen molar-refractivity contribution in [1.82, 2.24) is 15.5 Å². The third-order valence-corrected chi connectivity index (χ3v) is 5.88. The number of halogens is 2. The highest BCUT2D eigenvalue weighted by atomic mass is 127. The number of hydrogen-bond donors (Lipinski definition) is 2. The molecule has 1 aromatic carbocycles. The molecule has 1 unspecified atom stereocenters. The Morgan fingerprint density at radius 2 is 1.93 bits per heavy atom. The zero-order valence-electron chi connectivity index (χ0n) is 17.7. The summed E-state index contributed by atoms with van der Waals surface area (Å²) in [5.41, 5.74) is 0. The highest BCUT2D eigenvalue weighted by Gasteiger charge is 2.26. The molecule has 29 heavy (non-hydrogen) atoms. The monoisotopic (exact) mass is 518 g/mol. The molecular weight excluding hydrogens is 482 g/mol. The number of hydrogen-bond acceptors (Lipinski definition) is 3. The van der Waals surface area contributed by atoms with Gasteiger partial charge in [-0.1, -0.05) is 25.3 Å². The van der Waals surface area contributed by atoms with Crippen molar-refractivity contribution < 1.29 is 9.13 Å². The zero-order chi connectivity index (χ0) is 19.8. The van der Waals surface area contributed by atoms with Crippen molar-refractivity contribution in [3.8, 4) is 5.75 Å². The van der Waals surface area contributed by atoms with E-state index < -0.39 is 0 Å². The second-order valence-corrected chi connectivity index (χ2v) is 8.09. The summed E-state index contributed by atoms with van der Waals surface area (Å²) < 4.78 is 19.0. The number of guanidine groups is 1. The summed E-state index contributed by atoms with van der Waals surface area (Å²) in [5.74, 6) is 1.08. The fourth-order valence-electron chi connectivity index (χ4n) is 4.30. The maximum absolute atomic E-state index is 13.3. The number of nitrogens with one attached hydrogen (secondary N) is 2. The highest BCUT2D eigenvalue weighted by molar-refractivity contribution is 14.0. The van der Waals surface area contributed by atoms with Crippen LogP contribution in [0.15, 0.2) is 29.3 Å². The minimum Gasteiger partial charge on any atom is -0.489 e. The van der Waals surface area contributed by atoms with E-state index in [4.69, 9.17) is 4.74 Å². The van der Waals surface area contributed by atoms with Gasteiger partial charge in [0.15, 0.2) is 5.96 Å². The van der Waals surface area contributed by atoms with Crippen molar-refractivity contribution in [2.75, 3.05) is 26.7 Å². The van der Waals surface area contributed by atoms with Crippen LogP contribution < -0.4 is 15.4 Å². The average molecular weight is 518 g/mol. The zero-order valence-corrected chi connectivity index (χ0v) is 20.0. The molecule has 1 atom stereocenters. The van der Waals surface area contributed by atoms with Gasteiger partial charge in [0.05, 0.1) is 6.54 Å². The number of benzene rings is 1. The van der Waals surface area contributed by atoms with Crippen LogP contribution in [0.4, 0.5) is 4.39 Å². The first-order valence-electron chi connectivity index (χ1n) is 10.8. The lowest BCUT2D eigenvalue weighted by atomic mass is 9.92. The van der Waals surface area contributed by atoms with Gasteiger partial charge in [-0.25, -0.2) is 4.39 Å². The second kappa shape index (κ2) is 12.6. The van der Waals surface area contributed by atoms with Crippen LogP contribution in [0.1, 0.15) is 51.9 Å². The van der Waals surface area contributed by atoms with E-state index in [9.17, 15) is 4.39 Å². The maximum atomic E-state index is 13.3. The summed E-state index contributed by atoms with van der Waals surface area (Å²) >= 11 is 0. The van der Waals surface area contributed by atoms with E-state index in [1.807, 2.05) is 6.92 Å². The quantitative estimate of drug-likeness (QED) is 0.337. The van der Waals surface area contributed by atoms with Crippen LogP contribution in [0.2, 0.25) is 0 Å². The molecule has 0 aromatic heterocycles. The predicted octanol–water partition coefficient (Wildman–Crippen LogP) is 4.17. The van der Waals surface area contributed by atoms with Crippen LogP contribution in [0.25, 0.3) is 0 Å². The first kappa shape index (κ1) is 24.2. The number of nitrogens with zero attached hydrogens (tertiary/aromatic N) is 2. The van der Waals surface area contributed by atoms with E-state index in [1.54, 1.807) is 19.2 Å². The Kier molecular flexibility index (Phi) is 10.5. The van der Waals surface area contributed by atoms with Gasteiger partial charge < -0.3 is 20.3 Å². The standard InChI is InChI=1S/C22H35FN4O.HI/c1-17(28-21-10-6-7-18(23)15-21)16-25-22(24-2)26-19-11-13-27(14-12-19)20-8-4-3-5-9-20;/h6-7,10,15,17,19-20H,3-5,8-9,11-14,16H2,1-2H3,(H2,24,25,26);1H. The Bertz CT molecular complexity index is 631. The third-order valence-electron chi connectivity index (χ3n) is 5.88. The van der Waals surface area contributed by atoms with Gasteiger partial charge in [0.25, 0.3) is 0 Å². The van der Waals surface area contributed by atoms with E-state index in [1.165, 1.54) is 57.3 Å². The van der Waals surface area contributed by atoms with Crippen LogP contribution in [-0.2, 0) is 0 Å². The van der Waals surface area contributed by atoms with Gasteiger partial charge >= 0.3 is 0 Å². The molecule has 0 bridgehead atoms. The predicted molar refractivity (Wildman–Crippen MR) is 128 cm³/mol. The minimum atomic E-state index is -0.283. The molecule has 0 spiro atoms. The molecule has 164 valence electrons. The van der Waals surface area contributed by atoms with Crippen molar-refractivity contribution >= 4 is 29.9 Å². The van der Waals surface area contributed by atoms with Crippen molar-refractivity contribution in [1.29, 1.82) is 0 Å². The Balaban J connectivity index is 0.00000300. The molecule has 1 aromatic rings. The van der Waals surface area contributed by atoms with Crippen LogP contribution in [-0.4, -0.2) is 55.7 Å². The normalized spacial score (nSPS) is 20.6. The maximum Gasteiger partial charge on any atom is 0.191 e. The Hall–Kier alpha value is -1.09. The number of likely N-dealkylation sites (tertiary alicyclic amines) is 1. The van der Waals surface area contributed by atoms with Gasteiger partial charge in [-0.2, -0.15) is 0 Å².